The Morgan fingerprint density at radius 2 is 1.91 bits per heavy atom. The molecular weight excluding hydrogens is 424 g/mol. The maximum absolute atomic E-state index is 10.7. The molecule has 4 rings (SSSR count). The molecule has 2 aromatic rings. The molecule has 1 aromatic carbocycles. The van der Waals surface area contributed by atoms with E-state index in [1.807, 2.05) is 44.2 Å². The average molecular weight is 459 g/mol. The summed E-state index contributed by atoms with van der Waals surface area (Å²) in [6.45, 7) is 5.91. The maximum Gasteiger partial charge on any atom is 0.168 e. The molecule has 0 spiro atoms. The van der Waals surface area contributed by atoms with Gasteiger partial charge in [-0.2, -0.15) is 4.73 Å². The Kier molecular flexibility index (Phi) is 7.21. The van der Waals surface area contributed by atoms with E-state index in [1.165, 1.54) is 0 Å². The molecule has 33 heavy (non-hydrogen) atoms. The summed E-state index contributed by atoms with van der Waals surface area (Å²) in [6.07, 6.45) is 1.34. The Hall–Kier alpha value is -2.23. The van der Waals surface area contributed by atoms with E-state index in [9.17, 15) is 20.5 Å². The van der Waals surface area contributed by atoms with E-state index < -0.39 is 24.4 Å². The van der Waals surface area contributed by atoms with Gasteiger partial charge in [-0.3, -0.25) is 0 Å². The second kappa shape index (κ2) is 9.95. The van der Waals surface area contributed by atoms with Crippen LogP contribution in [0.4, 0.5) is 0 Å². The van der Waals surface area contributed by atoms with Crippen molar-refractivity contribution in [2.45, 2.75) is 70.2 Å². The summed E-state index contributed by atoms with van der Waals surface area (Å²) < 4.78 is 12.6. The van der Waals surface area contributed by atoms with Gasteiger partial charge in [0.15, 0.2) is 5.82 Å². The fourth-order valence-corrected chi connectivity index (χ4v) is 4.54. The molecule has 2 aliphatic rings. The van der Waals surface area contributed by atoms with Gasteiger partial charge in [0, 0.05) is 17.4 Å². The predicted molar refractivity (Wildman–Crippen MR) is 122 cm³/mol. The highest BCUT2D eigenvalue weighted by Crippen LogP contribution is 2.38. The van der Waals surface area contributed by atoms with Gasteiger partial charge >= 0.3 is 0 Å². The number of nitrogens with zero attached hydrogens (tertiary/aromatic N) is 2. The zero-order valence-electron chi connectivity index (χ0n) is 19.3. The number of aromatic nitrogens is 2. The normalized spacial score (nSPS) is 31.9. The fraction of sp³-hybridized carbons (Fsp3) is 0.560. The Bertz CT molecular complexity index is 959. The number of epoxide rings is 1. The first-order valence-corrected chi connectivity index (χ1v) is 11.6. The first kappa shape index (κ1) is 23.9. The molecule has 0 saturated carbocycles. The largest absolute Gasteiger partial charge is 0.427 e. The van der Waals surface area contributed by atoms with Crippen LogP contribution in [0, 0.1) is 11.8 Å². The number of benzene rings is 1. The molecule has 0 unspecified atom stereocenters. The summed E-state index contributed by atoms with van der Waals surface area (Å²) >= 11 is 0. The predicted octanol–water partition coefficient (Wildman–Crippen LogP) is 2.49. The van der Waals surface area contributed by atoms with Gasteiger partial charge in [0.1, 0.15) is 6.10 Å². The number of aliphatic hydroxyl groups is 3. The van der Waals surface area contributed by atoms with Gasteiger partial charge in [-0.1, -0.05) is 42.8 Å². The molecule has 3 heterocycles. The Labute approximate surface area is 194 Å². The maximum atomic E-state index is 10.7. The molecule has 0 aliphatic carbocycles. The van der Waals surface area contributed by atoms with Crippen molar-refractivity contribution in [1.82, 2.24) is 9.71 Å². The van der Waals surface area contributed by atoms with Crippen molar-refractivity contribution in [3.05, 3.63) is 47.9 Å². The SMILES string of the molecule is C/C(=C\c1nc(-c2ccccc2)cn1O)C[C@@H]1OC[C@H](C[C@@H]2O[C@H]2[C@@H](C)[C@H](C)O)[C@@H](O)[C@H]1O. The van der Waals surface area contributed by atoms with Crippen molar-refractivity contribution in [3.8, 4) is 11.3 Å². The topological polar surface area (TPSA) is 121 Å². The third-order valence-corrected chi connectivity index (χ3v) is 6.86. The molecule has 1 aromatic heterocycles. The smallest absolute Gasteiger partial charge is 0.168 e. The number of ether oxygens (including phenoxy) is 2. The highest BCUT2D eigenvalue weighted by Gasteiger charge is 2.48. The molecule has 4 N–H and O–H groups in total. The number of rotatable bonds is 8. The van der Waals surface area contributed by atoms with Crippen LogP contribution in [0.2, 0.25) is 0 Å². The van der Waals surface area contributed by atoms with Crippen molar-refractivity contribution in [2.75, 3.05) is 6.61 Å². The van der Waals surface area contributed by atoms with E-state index in [1.54, 1.807) is 19.2 Å². The van der Waals surface area contributed by atoms with Gasteiger partial charge < -0.3 is 30.0 Å². The average Bonchev–Trinajstić information content (AvgIpc) is 3.47. The minimum absolute atomic E-state index is 0.0137. The fourth-order valence-electron chi connectivity index (χ4n) is 4.54. The van der Waals surface area contributed by atoms with Crippen molar-refractivity contribution < 1.29 is 30.0 Å². The van der Waals surface area contributed by atoms with Crippen molar-refractivity contribution in [2.24, 2.45) is 11.8 Å². The van der Waals surface area contributed by atoms with E-state index in [2.05, 4.69) is 4.98 Å². The number of aliphatic hydroxyl groups excluding tert-OH is 3. The van der Waals surface area contributed by atoms with Crippen LogP contribution in [0.1, 0.15) is 39.4 Å². The van der Waals surface area contributed by atoms with Gasteiger partial charge in [0.25, 0.3) is 0 Å². The molecule has 180 valence electrons. The minimum atomic E-state index is -1.02. The third-order valence-electron chi connectivity index (χ3n) is 6.86. The zero-order valence-corrected chi connectivity index (χ0v) is 19.3. The number of hydrogen-bond acceptors (Lipinski definition) is 7. The second-order valence-electron chi connectivity index (χ2n) is 9.48. The van der Waals surface area contributed by atoms with Crippen LogP contribution >= 0.6 is 0 Å². The van der Waals surface area contributed by atoms with Crippen LogP contribution in [0.15, 0.2) is 42.1 Å². The standard InChI is InChI=1S/C25H34N2O6/c1-14(10-22-26-19(12-27(22)31)17-7-5-4-6-8-17)9-20-24(30)23(29)18(13-32-20)11-21-25(33-21)15(2)16(3)28/h4-8,10,12,15-16,18,20-21,23-25,28-31H,9,11,13H2,1-3H3/b14-10+/t15-,16-,18-,20-,21-,23+,24-,25-/m0/s1. The van der Waals surface area contributed by atoms with E-state index >= 15 is 0 Å². The van der Waals surface area contributed by atoms with Crippen molar-refractivity contribution in [3.63, 3.8) is 0 Å². The monoisotopic (exact) mass is 458 g/mol. The molecule has 0 radical (unpaired) electrons. The molecule has 2 saturated heterocycles. The van der Waals surface area contributed by atoms with Gasteiger partial charge in [-0.25, -0.2) is 4.98 Å². The van der Waals surface area contributed by atoms with Crippen LogP contribution in [-0.4, -0.2) is 73.5 Å². The van der Waals surface area contributed by atoms with Crippen molar-refractivity contribution >= 4 is 6.08 Å². The molecule has 2 fully saturated rings. The van der Waals surface area contributed by atoms with E-state index in [0.29, 0.717) is 31.0 Å². The molecule has 0 bridgehead atoms. The van der Waals surface area contributed by atoms with Crippen LogP contribution in [0.25, 0.3) is 17.3 Å². The van der Waals surface area contributed by atoms with E-state index in [0.717, 1.165) is 15.9 Å². The van der Waals surface area contributed by atoms with Crippen LogP contribution in [-0.2, 0) is 9.47 Å². The second-order valence-corrected chi connectivity index (χ2v) is 9.48. The lowest BCUT2D eigenvalue weighted by atomic mass is 9.85. The number of hydrogen-bond donors (Lipinski definition) is 4. The minimum Gasteiger partial charge on any atom is -0.427 e. The van der Waals surface area contributed by atoms with E-state index in [4.69, 9.17) is 9.47 Å². The van der Waals surface area contributed by atoms with E-state index in [-0.39, 0.29) is 24.0 Å². The first-order chi connectivity index (χ1) is 15.7. The Balaban J connectivity index is 1.34. The summed E-state index contributed by atoms with van der Waals surface area (Å²) in [7, 11) is 0. The molecule has 8 atom stereocenters. The van der Waals surface area contributed by atoms with Gasteiger partial charge in [-0.15, -0.1) is 0 Å². The first-order valence-electron chi connectivity index (χ1n) is 11.6. The lowest BCUT2D eigenvalue weighted by Gasteiger charge is -2.38. The third kappa shape index (κ3) is 5.47. The molecule has 0 amide bonds. The summed E-state index contributed by atoms with van der Waals surface area (Å²) in [5, 5.41) is 41.3. The lowest BCUT2D eigenvalue weighted by molar-refractivity contribution is -0.165. The summed E-state index contributed by atoms with van der Waals surface area (Å²) in [4.78, 5) is 4.48. The van der Waals surface area contributed by atoms with Gasteiger partial charge in [-0.05, 0) is 32.8 Å². The number of imidazole rings is 1. The zero-order chi connectivity index (χ0) is 23.7. The van der Waals surface area contributed by atoms with Crippen LogP contribution in [0.5, 0.6) is 0 Å². The van der Waals surface area contributed by atoms with Gasteiger partial charge in [0.2, 0.25) is 0 Å². The van der Waals surface area contributed by atoms with Crippen LogP contribution in [0.3, 0.4) is 0 Å². The molecule has 8 heteroatoms. The lowest BCUT2D eigenvalue weighted by Crippen LogP contribution is -2.50. The highest BCUT2D eigenvalue weighted by atomic mass is 16.6. The summed E-state index contributed by atoms with van der Waals surface area (Å²) in [6, 6.07) is 9.59. The quantitative estimate of drug-likeness (QED) is 0.354. The molecule has 8 nitrogen and oxygen atoms in total. The van der Waals surface area contributed by atoms with Gasteiger partial charge in [0.05, 0.1) is 49.0 Å². The highest BCUT2D eigenvalue weighted by molar-refractivity contribution is 5.60. The van der Waals surface area contributed by atoms with Crippen LogP contribution < -0.4 is 0 Å². The Morgan fingerprint density at radius 3 is 2.61 bits per heavy atom. The Morgan fingerprint density at radius 1 is 1.18 bits per heavy atom. The van der Waals surface area contributed by atoms with Crippen molar-refractivity contribution in [1.29, 1.82) is 0 Å². The summed E-state index contributed by atoms with van der Waals surface area (Å²) in [5.74, 6) is 0.198. The summed E-state index contributed by atoms with van der Waals surface area (Å²) in [5.41, 5.74) is 2.43. The molecule has 2 aliphatic heterocycles. The molecular formula is C25H34N2O6.